The first-order chi connectivity index (χ1) is 18.5. The van der Waals surface area contributed by atoms with Gasteiger partial charge in [-0.1, -0.05) is 59.8 Å². The summed E-state index contributed by atoms with van der Waals surface area (Å²) in [7, 11) is 0. The van der Waals surface area contributed by atoms with E-state index in [0.717, 1.165) is 18.1 Å². The number of ketones is 3. The van der Waals surface area contributed by atoms with Gasteiger partial charge >= 0.3 is 0 Å². The third-order valence-electron chi connectivity index (χ3n) is 9.78. The molecule has 0 heterocycles. The minimum absolute atomic E-state index is 0.0273. The van der Waals surface area contributed by atoms with Gasteiger partial charge in [-0.05, 0) is 60.8 Å². The van der Waals surface area contributed by atoms with E-state index in [1.54, 1.807) is 6.92 Å². The summed E-state index contributed by atoms with van der Waals surface area (Å²) in [4.78, 5) is 40.8. The van der Waals surface area contributed by atoms with E-state index in [9.17, 15) is 34.8 Å². The molecule has 0 saturated carbocycles. The first-order valence-electron chi connectivity index (χ1n) is 14.0. The predicted molar refractivity (Wildman–Crippen MR) is 151 cm³/mol. The van der Waals surface area contributed by atoms with Crippen LogP contribution in [0.25, 0.3) is 5.57 Å². The van der Waals surface area contributed by atoms with Gasteiger partial charge in [-0.2, -0.15) is 0 Å². The molecule has 1 unspecified atom stereocenters. The Labute approximate surface area is 234 Å². The largest absolute Gasteiger partial charge is 0.511 e. The molecule has 4 aliphatic carbocycles. The molecule has 4 N–H and O–H groups in total. The van der Waals surface area contributed by atoms with Crippen LogP contribution >= 0.6 is 0 Å². The number of aliphatic hydroxyl groups excluding tert-OH is 2. The smallest absolute Gasteiger partial charge is 0.209 e. The molecule has 0 aromatic heterocycles. The normalized spacial score (nSPS) is 31.6. The van der Waals surface area contributed by atoms with Crippen LogP contribution in [0.2, 0.25) is 0 Å². The summed E-state index contributed by atoms with van der Waals surface area (Å²) in [5.74, 6) is -4.95. The minimum Gasteiger partial charge on any atom is -0.511 e. The molecule has 212 valence electrons. The van der Waals surface area contributed by atoms with Crippen LogP contribution in [0, 0.1) is 22.7 Å². The number of allylic oxidation sites excluding steroid dienone is 6. The molecular formula is C33H38O7. The molecule has 0 fully saturated rings. The summed E-state index contributed by atoms with van der Waals surface area (Å²) in [5, 5.41) is 46.8. The molecule has 7 heteroatoms. The van der Waals surface area contributed by atoms with Gasteiger partial charge in [-0.15, -0.1) is 0 Å². The monoisotopic (exact) mass is 546 g/mol. The summed E-state index contributed by atoms with van der Waals surface area (Å²) >= 11 is 0. The number of carbonyl (C=O) groups is 3. The molecule has 0 amide bonds. The van der Waals surface area contributed by atoms with Gasteiger partial charge in [0, 0.05) is 27.9 Å². The Balaban J connectivity index is 1.83. The fourth-order valence-electron chi connectivity index (χ4n) is 8.23. The van der Waals surface area contributed by atoms with E-state index in [1.165, 1.54) is 0 Å². The van der Waals surface area contributed by atoms with Crippen LogP contribution in [-0.2, 0) is 16.0 Å². The molecule has 40 heavy (non-hydrogen) atoms. The molecule has 0 aliphatic heterocycles. The van der Waals surface area contributed by atoms with Gasteiger partial charge in [0.2, 0.25) is 5.78 Å². The molecule has 4 aliphatic rings. The Kier molecular flexibility index (Phi) is 6.16. The van der Waals surface area contributed by atoms with Gasteiger partial charge in [0.05, 0.1) is 5.56 Å². The van der Waals surface area contributed by atoms with E-state index in [4.69, 9.17) is 0 Å². The molecule has 5 rings (SSSR count). The fraction of sp³-hybridized carbons (Fsp3) is 0.485. The molecule has 1 aromatic carbocycles. The zero-order chi connectivity index (χ0) is 29.7. The number of aliphatic hydroxyl groups is 3. The predicted octanol–water partition coefficient (Wildman–Crippen LogP) is 5.81. The topological polar surface area (TPSA) is 132 Å². The van der Waals surface area contributed by atoms with E-state index >= 15 is 0 Å². The Morgan fingerprint density at radius 1 is 1.07 bits per heavy atom. The maximum absolute atomic E-state index is 14.4. The van der Waals surface area contributed by atoms with Crippen LogP contribution in [-0.4, -0.2) is 43.4 Å². The van der Waals surface area contributed by atoms with Crippen molar-refractivity contribution in [2.45, 2.75) is 79.2 Å². The molecule has 4 atom stereocenters. The van der Waals surface area contributed by atoms with Crippen molar-refractivity contribution in [3.05, 3.63) is 69.2 Å². The lowest BCUT2D eigenvalue weighted by Crippen LogP contribution is -2.67. The summed E-state index contributed by atoms with van der Waals surface area (Å²) in [6, 6.07) is 1.94. The standard InChI is InChI=1S/C33H38O7/c1-15(2)19-12-20(18-10-8-9-11-18)26(35)23-21(19)13-31(6)14-32(7)24(16(3)4)27(36)22(17(5)34)29(38)33(32,40)30(39)25(31)28(23)37/h8-10,12,15-16,24,35-36,39-40H,11,13-14H2,1-7H3/t24?,31-,32-,33+/m1/s1. The highest BCUT2D eigenvalue weighted by atomic mass is 16.3. The lowest BCUT2D eigenvalue weighted by atomic mass is 9.44. The number of phenols is 1. The lowest BCUT2D eigenvalue weighted by molar-refractivity contribution is -0.171. The van der Waals surface area contributed by atoms with Crippen LogP contribution in [0.3, 0.4) is 0 Å². The Hall–Kier alpha value is -3.45. The van der Waals surface area contributed by atoms with E-state index in [0.29, 0.717) is 17.5 Å². The zero-order valence-corrected chi connectivity index (χ0v) is 24.2. The number of hydrogen-bond acceptors (Lipinski definition) is 7. The Bertz CT molecular complexity index is 1520. The summed E-state index contributed by atoms with van der Waals surface area (Å²) in [6.07, 6.45) is 6.72. The van der Waals surface area contributed by atoms with Crippen LogP contribution in [0.4, 0.5) is 0 Å². The highest BCUT2D eigenvalue weighted by Crippen LogP contribution is 2.65. The Morgan fingerprint density at radius 3 is 2.25 bits per heavy atom. The number of benzene rings is 1. The van der Waals surface area contributed by atoms with Gasteiger partial charge in [-0.3, -0.25) is 14.4 Å². The zero-order valence-electron chi connectivity index (χ0n) is 24.2. The molecular weight excluding hydrogens is 508 g/mol. The van der Waals surface area contributed by atoms with E-state index in [2.05, 4.69) is 0 Å². The number of phenolic OH excluding ortho intramolecular Hbond substituents is 1. The number of aromatic hydroxyl groups is 1. The maximum Gasteiger partial charge on any atom is 0.209 e. The molecule has 7 nitrogen and oxygen atoms in total. The van der Waals surface area contributed by atoms with Gasteiger partial charge in [0.1, 0.15) is 22.8 Å². The van der Waals surface area contributed by atoms with Gasteiger partial charge < -0.3 is 20.4 Å². The van der Waals surface area contributed by atoms with E-state index < -0.39 is 51.0 Å². The van der Waals surface area contributed by atoms with Crippen molar-refractivity contribution in [2.75, 3.05) is 0 Å². The molecule has 0 spiro atoms. The SMILES string of the molecule is CC(=O)C1=C(O)C(C(C)C)[C@@]2(C)C[C@@]3(C)Cc4c(C(C)C)cc(C5=CC=CC5)c(O)c4C(=O)C3=C(O)[C@@]2(O)C1=O. The molecule has 0 radical (unpaired) electrons. The minimum atomic E-state index is -2.61. The highest BCUT2D eigenvalue weighted by Gasteiger charge is 2.71. The van der Waals surface area contributed by atoms with Crippen molar-refractivity contribution in [1.29, 1.82) is 0 Å². The van der Waals surface area contributed by atoms with Crippen molar-refractivity contribution in [1.82, 2.24) is 0 Å². The first kappa shape index (κ1) is 28.1. The van der Waals surface area contributed by atoms with Crippen LogP contribution in [0.15, 0.2) is 47.0 Å². The maximum atomic E-state index is 14.4. The highest BCUT2D eigenvalue weighted by molar-refractivity contribution is 6.25. The number of carbonyl (C=O) groups excluding carboxylic acids is 3. The lowest BCUT2D eigenvalue weighted by Gasteiger charge is -2.59. The quantitative estimate of drug-likeness (QED) is 0.350. The van der Waals surface area contributed by atoms with Crippen LogP contribution in [0.1, 0.15) is 94.3 Å². The van der Waals surface area contributed by atoms with Crippen molar-refractivity contribution in [2.24, 2.45) is 22.7 Å². The first-order valence-corrected chi connectivity index (χ1v) is 14.0. The summed E-state index contributed by atoms with van der Waals surface area (Å²) in [5.41, 5.74) is -2.65. The average Bonchev–Trinajstić information content (AvgIpc) is 3.35. The summed E-state index contributed by atoms with van der Waals surface area (Å²) < 4.78 is 0. The van der Waals surface area contributed by atoms with Gasteiger partial charge in [0.25, 0.3) is 0 Å². The van der Waals surface area contributed by atoms with Crippen LogP contribution < -0.4 is 0 Å². The van der Waals surface area contributed by atoms with Crippen molar-refractivity contribution < 1.29 is 34.8 Å². The number of fused-ring (bicyclic) bond motifs is 3. The second-order valence-electron chi connectivity index (χ2n) is 13.2. The van der Waals surface area contributed by atoms with Crippen molar-refractivity contribution in [3.63, 3.8) is 0 Å². The fourth-order valence-corrected chi connectivity index (χ4v) is 8.23. The number of rotatable bonds is 4. The third-order valence-corrected chi connectivity index (χ3v) is 9.78. The van der Waals surface area contributed by atoms with Gasteiger partial charge in [-0.25, -0.2) is 0 Å². The van der Waals surface area contributed by atoms with Crippen molar-refractivity contribution in [3.8, 4) is 5.75 Å². The number of Topliss-reactive ketones (excluding diaryl/α,β-unsaturated/α-hetero) is 3. The average molecular weight is 547 g/mol. The van der Waals surface area contributed by atoms with Crippen LogP contribution in [0.5, 0.6) is 5.75 Å². The second-order valence-corrected chi connectivity index (χ2v) is 13.2. The van der Waals surface area contributed by atoms with E-state index in [1.807, 2.05) is 58.9 Å². The molecule has 1 aromatic rings. The van der Waals surface area contributed by atoms with Crippen molar-refractivity contribution >= 4 is 22.9 Å². The summed E-state index contributed by atoms with van der Waals surface area (Å²) in [6.45, 7) is 12.3. The molecule has 0 bridgehead atoms. The number of hydrogen-bond donors (Lipinski definition) is 4. The van der Waals surface area contributed by atoms with E-state index in [-0.39, 0.29) is 47.3 Å². The van der Waals surface area contributed by atoms with Gasteiger partial charge in [0.15, 0.2) is 17.2 Å². The molecule has 0 saturated heterocycles. The Morgan fingerprint density at radius 2 is 1.73 bits per heavy atom. The second kappa shape index (κ2) is 8.77. The third kappa shape index (κ3) is 3.36.